The SMILES string of the molecule is Cc1ccc(CN2C(=O)/C(=C\c3c(N4CCCC(C)C4)nc4ccc(C)cn4c3=O)SC2=S)cc1. The van der Waals surface area contributed by atoms with Crippen LogP contribution in [0.4, 0.5) is 5.82 Å². The van der Waals surface area contributed by atoms with Gasteiger partial charge in [-0.1, -0.05) is 66.8 Å². The molecule has 2 aromatic heterocycles. The smallest absolute Gasteiger partial charge is 0.267 e. The van der Waals surface area contributed by atoms with Crippen molar-refractivity contribution in [1.82, 2.24) is 14.3 Å². The highest BCUT2D eigenvalue weighted by atomic mass is 32.2. The summed E-state index contributed by atoms with van der Waals surface area (Å²) in [4.78, 5) is 36.2. The van der Waals surface area contributed by atoms with Crippen LogP contribution in [0.1, 0.15) is 42.0 Å². The second kappa shape index (κ2) is 9.59. The number of thiocarbonyl (C=S) groups is 1. The molecule has 0 saturated carbocycles. The quantitative estimate of drug-likeness (QED) is 0.370. The molecular weight excluding hydrogens is 476 g/mol. The summed E-state index contributed by atoms with van der Waals surface area (Å²) in [5, 5.41) is 0. The number of aromatic nitrogens is 2. The van der Waals surface area contributed by atoms with E-state index in [1.807, 2.05) is 50.2 Å². The van der Waals surface area contributed by atoms with Gasteiger partial charge in [-0.2, -0.15) is 0 Å². The van der Waals surface area contributed by atoms with Crippen molar-refractivity contribution in [2.45, 2.75) is 40.2 Å². The number of piperidine rings is 1. The van der Waals surface area contributed by atoms with Gasteiger partial charge in [0, 0.05) is 19.3 Å². The van der Waals surface area contributed by atoms with E-state index in [0.717, 1.165) is 42.6 Å². The first kappa shape index (κ1) is 23.8. The van der Waals surface area contributed by atoms with Crippen molar-refractivity contribution in [2.24, 2.45) is 5.92 Å². The third-order valence-corrected chi connectivity index (χ3v) is 7.93. The lowest BCUT2D eigenvalue weighted by Gasteiger charge is -2.32. The van der Waals surface area contributed by atoms with Crippen molar-refractivity contribution < 1.29 is 4.79 Å². The van der Waals surface area contributed by atoms with Crippen LogP contribution in [0.25, 0.3) is 11.7 Å². The lowest BCUT2D eigenvalue weighted by atomic mass is 10.00. The van der Waals surface area contributed by atoms with E-state index in [-0.39, 0.29) is 11.5 Å². The molecule has 5 rings (SSSR count). The molecule has 180 valence electrons. The van der Waals surface area contributed by atoms with Gasteiger partial charge in [-0.25, -0.2) is 4.98 Å². The number of thioether (sulfide) groups is 1. The normalized spacial score (nSPS) is 19.9. The van der Waals surface area contributed by atoms with Gasteiger partial charge in [0.1, 0.15) is 15.8 Å². The van der Waals surface area contributed by atoms with Crippen molar-refractivity contribution >= 4 is 51.7 Å². The zero-order valence-corrected chi connectivity index (χ0v) is 21.8. The minimum atomic E-state index is -0.174. The minimum Gasteiger partial charge on any atom is -0.356 e. The summed E-state index contributed by atoms with van der Waals surface area (Å²) in [5.74, 6) is 0.990. The fraction of sp³-hybridized carbons (Fsp3) is 0.333. The van der Waals surface area contributed by atoms with Gasteiger partial charge in [-0.05, 0) is 55.9 Å². The molecule has 8 heteroatoms. The summed E-state index contributed by atoms with van der Waals surface area (Å²) in [7, 11) is 0. The average molecular weight is 505 g/mol. The highest BCUT2D eigenvalue weighted by Crippen LogP contribution is 2.35. The van der Waals surface area contributed by atoms with Gasteiger partial charge in [0.2, 0.25) is 0 Å². The molecule has 1 unspecified atom stereocenters. The summed E-state index contributed by atoms with van der Waals surface area (Å²) >= 11 is 6.80. The van der Waals surface area contributed by atoms with Gasteiger partial charge in [0.05, 0.1) is 17.0 Å². The Labute approximate surface area is 214 Å². The highest BCUT2D eigenvalue weighted by Gasteiger charge is 2.33. The zero-order chi connectivity index (χ0) is 24.7. The van der Waals surface area contributed by atoms with E-state index in [0.29, 0.717) is 38.7 Å². The molecule has 0 radical (unpaired) electrons. The van der Waals surface area contributed by atoms with Crippen LogP contribution < -0.4 is 10.5 Å². The molecule has 2 saturated heterocycles. The van der Waals surface area contributed by atoms with E-state index in [9.17, 15) is 9.59 Å². The first-order valence-electron chi connectivity index (χ1n) is 11.9. The Balaban J connectivity index is 1.57. The van der Waals surface area contributed by atoms with Crippen molar-refractivity contribution in [3.05, 3.63) is 80.1 Å². The number of hydrogen-bond donors (Lipinski definition) is 0. The average Bonchev–Trinajstić information content (AvgIpc) is 3.09. The molecule has 4 heterocycles. The van der Waals surface area contributed by atoms with Crippen LogP contribution in [0.15, 0.2) is 52.3 Å². The standard InChI is InChI=1S/C27H28N4O2S2/c1-17-6-9-20(10-7-17)16-31-26(33)22(35-27(31)34)13-21-24(29-12-4-5-18(2)14-29)28-23-11-8-19(3)15-30(23)25(21)32/h6-11,13,15,18H,4-5,12,14,16H2,1-3H3/b22-13+. The summed E-state index contributed by atoms with van der Waals surface area (Å²) in [6, 6.07) is 11.9. The summed E-state index contributed by atoms with van der Waals surface area (Å²) < 4.78 is 2.07. The Morgan fingerprint density at radius 2 is 1.86 bits per heavy atom. The molecule has 1 atom stereocenters. The van der Waals surface area contributed by atoms with E-state index in [4.69, 9.17) is 17.2 Å². The number of rotatable bonds is 4. The van der Waals surface area contributed by atoms with Crippen molar-refractivity contribution in [3.8, 4) is 0 Å². The summed E-state index contributed by atoms with van der Waals surface area (Å²) in [6.07, 6.45) is 5.71. The fourth-order valence-electron chi connectivity index (χ4n) is 4.64. The largest absolute Gasteiger partial charge is 0.356 e. The van der Waals surface area contributed by atoms with E-state index in [1.54, 1.807) is 21.6 Å². The molecule has 0 aliphatic carbocycles. The number of pyridine rings is 1. The van der Waals surface area contributed by atoms with E-state index >= 15 is 0 Å². The number of carbonyl (C=O) groups excluding carboxylic acids is 1. The fourth-order valence-corrected chi connectivity index (χ4v) is 5.88. The van der Waals surface area contributed by atoms with Crippen LogP contribution in [-0.4, -0.2) is 37.6 Å². The van der Waals surface area contributed by atoms with Crippen LogP contribution in [0.2, 0.25) is 0 Å². The van der Waals surface area contributed by atoms with E-state index in [2.05, 4.69) is 11.8 Å². The molecule has 2 aliphatic heterocycles. The van der Waals surface area contributed by atoms with E-state index in [1.165, 1.54) is 11.8 Å². The number of anilines is 1. The maximum absolute atomic E-state index is 13.7. The zero-order valence-electron chi connectivity index (χ0n) is 20.2. The van der Waals surface area contributed by atoms with Gasteiger partial charge >= 0.3 is 0 Å². The third-order valence-electron chi connectivity index (χ3n) is 6.55. The molecule has 2 fully saturated rings. The maximum atomic E-state index is 13.7. The first-order valence-corrected chi connectivity index (χ1v) is 13.1. The van der Waals surface area contributed by atoms with E-state index < -0.39 is 0 Å². The van der Waals surface area contributed by atoms with Crippen molar-refractivity contribution in [1.29, 1.82) is 0 Å². The lowest BCUT2D eigenvalue weighted by Crippen LogP contribution is -2.37. The Morgan fingerprint density at radius 3 is 2.60 bits per heavy atom. The molecule has 0 bridgehead atoms. The molecule has 2 aliphatic rings. The second-order valence-electron chi connectivity index (χ2n) is 9.54. The summed E-state index contributed by atoms with van der Waals surface area (Å²) in [6.45, 7) is 8.29. The number of nitrogens with zero attached hydrogens (tertiary/aromatic N) is 4. The Bertz CT molecular complexity index is 1410. The number of fused-ring (bicyclic) bond motifs is 1. The van der Waals surface area contributed by atoms with Crippen molar-refractivity contribution in [3.63, 3.8) is 0 Å². The molecule has 1 amide bonds. The Kier molecular flexibility index (Phi) is 6.51. The van der Waals surface area contributed by atoms with Gasteiger partial charge in [-0.3, -0.25) is 18.9 Å². The lowest BCUT2D eigenvalue weighted by molar-refractivity contribution is -0.122. The number of carbonyl (C=O) groups is 1. The number of aryl methyl sites for hydroxylation is 2. The minimum absolute atomic E-state index is 0.171. The third kappa shape index (κ3) is 4.77. The maximum Gasteiger partial charge on any atom is 0.267 e. The van der Waals surface area contributed by atoms with Gasteiger partial charge in [0.15, 0.2) is 0 Å². The molecule has 3 aromatic rings. The molecule has 6 nitrogen and oxygen atoms in total. The topological polar surface area (TPSA) is 57.9 Å². The monoisotopic (exact) mass is 504 g/mol. The molecular formula is C27H28N4O2S2. The number of amides is 1. The summed E-state index contributed by atoms with van der Waals surface area (Å²) in [5.41, 5.74) is 4.03. The number of benzene rings is 1. The van der Waals surface area contributed by atoms with Crippen LogP contribution in [0, 0.1) is 19.8 Å². The van der Waals surface area contributed by atoms with Gasteiger partial charge in [-0.15, -0.1) is 0 Å². The molecule has 0 N–H and O–H groups in total. The number of hydrogen-bond acceptors (Lipinski definition) is 6. The van der Waals surface area contributed by atoms with Crippen LogP contribution >= 0.6 is 24.0 Å². The molecule has 1 aromatic carbocycles. The first-order chi connectivity index (χ1) is 16.8. The predicted molar refractivity (Wildman–Crippen MR) is 147 cm³/mol. The van der Waals surface area contributed by atoms with Crippen molar-refractivity contribution in [2.75, 3.05) is 18.0 Å². The van der Waals surface area contributed by atoms with Gasteiger partial charge < -0.3 is 4.90 Å². The second-order valence-corrected chi connectivity index (χ2v) is 11.2. The predicted octanol–water partition coefficient (Wildman–Crippen LogP) is 4.95. The van der Waals surface area contributed by atoms with Crippen LogP contribution in [-0.2, 0) is 11.3 Å². The molecule has 0 spiro atoms. The highest BCUT2D eigenvalue weighted by molar-refractivity contribution is 8.26. The Morgan fingerprint density at radius 1 is 1.11 bits per heavy atom. The van der Waals surface area contributed by atoms with Gasteiger partial charge in [0.25, 0.3) is 11.5 Å². The Hall–Kier alpha value is -2.97. The van der Waals surface area contributed by atoms with Crippen LogP contribution in [0.3, 0.4) is 0 Å². The molecule has 35 heavy (non-hydrogen) atoms. The van der Waals surface area contributed by atoms with Crippen LogP contribution in [0.5, 0.6) is 0 Å².